The molecule has 24 heavy (non-hydrogen) atoms. The van der Waals surface area contributed by atoms with Gasteiger partial charge < -0.3 is 14.4 Å². The van der Waals surface area contributed by atoms with E-state index >= 15 is 0 Å². The summed E-state index contributed by atoms with van der Waals surface area (Å²) in [6.07, 6.45) is 4.92. The third-order valence-corrected chi connectivity index (χ3v) is 4.53. The molecular formula is C17H19NO5S. The van der Waals surface area contributed by atoms with Gasteiger partial charge in [-0.1, -0.05) is 34.6 Å². The van der Waals surface area contributed by atoms with Gasteiger partial charge in [0, 0.05) is 11.1 Å². The molecule has 1 atom stereocenters. The molecule has 0 aliphatic heterocycles. The van der Waals surface area contributed by atoms with Crippen molar-refractivity contribution in [2.45, 2.75) is 33.6 Å². The van der Waals surface area contributed by atoms with E-state index in [2.05, 4.69) is 0 Å². The average Bonchev–Trinajstić information content (AvgIpc) is 2.76. The van der Waals surface area contributed by atoms with Gasteiger partial charge in [0.05, 0.1) is 0 Å². The van der Waals surface area contributed by atoms with Gasteiger partial charge in [-0.3, -0.25) is 4.28 Å². The van der Waals surface area contributed by atoms with Crippen LogP contribution in [0.15, 0.2) is 18.2 Å². The van der Waals surface area contributed by atoms with Crippen molar-refractivity contribution < 1.29 is 22.9 Å². The lowest BCUT2D eigenvalue weighted by Gasteiger charge is -2.12. The Morgan fingerprint density at radius 1 is 1.12 bits per heavy atom. The van der Waals surface area contributed by atoms with E-state index in [0.29, 0.717) is 23.3 Å². The number of aromatic nitrogens is 1. The van der Waals surface area contributed by atoms with E-state index < -0.39 is 11.4 Å². The van der Waals surface area contributed by atoms with Crippen LogP contribution in [0.4, 0.5) is 0 Å². The summed E-state index contributed by atoms with van der Waals surface area (Å²) in [6, 6.07) is 3.82. The number of benzene rings is 1. The molecule has 1 aromatic carbocycles. The van der Waals surface area contributed by atoms with E-state index in [1.54, 1.807) is 6.08 Å². The Balaban J connectivity index is 1.84. The Bertz CT molecular complexity index is 830. The van der Waals surface area contributed by atoms with Crippen LogP contribution in [-0.2, 0) is 17.8 Å². The maximum absolute atomic E-state index is 12.2. The minimum Gasteiger partial charge on any atom is -0.492 e. The number of nitrogens with zero attached hydrogens (tertiary/aromatic N) is 1. The van der Waals surface area contributed by atoms with Crippen molar-refractivity contribution in [1.82, 2.24) is 4.73 Å². The summed E-state index contributed by atoms with van der Waals surface area (Å²) in [5.74, 6) is -0.108. The zero-order valence-corrected chi connectivity index (χ0v) is 14.5. The van der Waals surface area contributed by atoms with Crippen molar-refractivity contribution in [1.29, 1.82) is 0 Å². The minimum atomic E-state index is -2.23. The number of allylic oxidation sites excluding steroid dienone is 1. The highest BCUT2D eigenvalue weighted by atomic mass is 32.2. The molecule has 0 amide bonds. The van der Waals surface area contributed by atoms with Crippen LogP contribution < -0.4 is 8.47 Å². The number of fused-ring (bicyclic) bond motifs is 1. The Hall–Kier alpha value is -2.41. The van der Waals surface area contributed by atoms with Gasteiger partial charge in [-0.15, -0.1) is 0 Å². The molecule has 2 N–H and O–H groups in total. The predicted octanol–water partition coefficient (Wildman–Crippen LogP) is 2.87. The molecule has 0 saturated carbocycles. The summed E-state index contributed by atoms with van der Waals surface area (Å²) in [5.41, 5.74) is 3.76. The highest BCUT2D eigenvalue weighted by Crippen LogP contribution is 2.37. The molecule has 1 heterocycles. The van der Waals surface area contributed by atoms with Crippen LogP contribution in [0.3, 0.4) is 0 Å². The molecule has 0 spiro atoms. The maximum atomic E-state index is 12.2. The molecule has 1 aliphatic rings. The molecule has 128 valence electrons. The van der Waals surface area contributed by atoms with Crippen LogP contribution in [0.1, 0.15) is 34.2 Å². The molecular weight excluding hydrogens is 330 g/mol. The molecule has 1 aromatic heterocycles. The van der Waals surface area contributed by atoms with Crippen molar-refractivity contribution in [3.8, 4) is 17.5 Å². The molecule has 0 bridgehead atoms. The number of aromatic hydroxyl groups is 2. The Kier molecular flexibility index (Phi) is 4.28. The lowest BCUT2D eigenvalue weighted by Crippen LogP contribution is -2.18. The van der Waals surface area contributed by atoms with Crippen molar-refractivity contribution >= 4 is 17.4 Å². The van der Waals surface area contributed by atoms with Gasteiger partial charge in [-0.05, 0) is 44.7 Å². The summed E-state index contributed by atoms with van der Waals surface area (Å²) in [6.45, 7) is 5.66. The second-order valence-corrected chi connectivity index (χ2v) is 6.59. The quantitative estimate of drug-likeness (QED) is 0.887. The summed E-state index contributed by atoms with van der Waals surface area (Å²) in [5, 5.41) is 20.3. The van der Waals surface area contributed by atoms with Crippen LogP contribution in [0.5, 0.6) is 17.5 Å². The second-order valence-electron chi connectivity index (χ2n) is 5.86. The van der Waals surface area contributed by atoms with Gasteiger partial charge in [0.2, 0.25) is 11.8 Å². The van der Waals surface area contributed by atoms with Gasteiger partial charge in [-0.2, -0.15) is 4.21 Å². The average molecular weight is 349 g/mol. The fourth-order valence-electron chi connectivity index (χ4n) is 2.95. The van der Waals surface area contributed by atoms with Crippen molar-refractivity contribution in [3.63, 3.8) is 0 Å². The van der Waals surface area contributed by atoms with Gasteiger partial charge in [-0.25, -0.2) is 0 Å². The van der Waals surface area contributed by atoms with E-state index in [4.69, 9.17) is 8.47 Å². The first kappa shape index (κ1) is 16.4. The van der Waals surface area contributed by atoms with E-state index in [1.807, 2.05) is 39.0 Å². The van der Waals surface area contributed by atoms with Crippen molar-refractivity contribution in [2.24, 2.45) is 0 Å². The predicted molar refractivity (Wildman–Crippen MR) is 91.1 cm³/mol. The normalized spacial score (nSPS) is 14.3. The fourth-order valence-corrected chi connectivity index (χ4v) is 3.64. The van der Waals surface area contributed by atoms with E-state index in [9.17, 15) is 14.4 Å². The van der Waals surface area contributed by atoms with Gasteiger partial charge in [0.15, 0.2) is 0 Å². The highest BCUT2D eigenvalue weighted by molar-refractivity contribution is 7.75. The SMILES string of the molecule is Cc1cc(C)c(OS(=O)On2c(O)c3c(c2O)CCC=C3)c(C)c1. The van der Waals surface area contributed by atoms with Crippen LogP contribution in [0.25, 0.3) is 6.08 Å². The first-order valence-corrected chi connectivity index (χ1v) is 8.57. The molecule has 1 unspecified atom stereocenters. The Morgan fingerprint density at radius 3 is 2.42 bits per heavy atom. The number of rotatable bonds is 4. The molecule has 0 fully saturated rings. The molecule has 6 nitrogen and oxygen atoms in total. The standard InChI is InChI=1S/C17H19NO5S/c1-10-8-11(2)15(12(3)9-10)22-24(21)23-18-16(19)13-6-4-5-7-14(13)17(18)20/h4,6,8-9,19-20H,5,7H2,1-3H3. The zero-order valence-electron chi connectivity index (χ0n) is 13.7. The zero-order chi connectivity index (χ0) is 17.4. The maximum Gasteiger partial charge on any atom is 0.438 e. The number of aryl methyl sites for hydroxylation is 3. The van der Waals surface area contributed by atoms with Crippen LogP contribution in [0.2, 0.25) is 0 Å². The number of hydrogen-bond acceptors (Lipinski definition) is 5. The number of hydrogen-bond donors (Lipinski definition) is 2. The molecule has 1 aliphatic carbocycles. The monoisotopic (exact) mass is 349 g/mol. The topological polar surface area (TPSA) is 80.9 Å². The third kappa shape index (κ3) is 2.87. The van der Waals surface area contributed by atoms with E-state index in [1.165, 1.54) is 0 Å². The lowest BCUT2D eigenvalue weighted by molar-refractivity contribution is 0.200. The largest absolute Gasteiger partial charge is 0.492 e. The summed E-state index contributed by atoms with van der Waals surface area (Å²) in [4.78, 5) is 0. The van der Waals surface area contributed by atoms with Crippen LogP contribution >= 0.6 is 0 Å². The summed E-state index contributed by atoms with van der Waals surface area (Å²) >= 11 is -2.23. The third-order valence-electron chi connectivity index (χ3n) is 3.96. The molecule has 3 rings (SSSR count). The molecule has 2 aromatic rings. The Labute approximate surface area is 142 Å². The second kappa shape index (κ2) is 6.24. The van der Waals surface area contributed by atoms with Gasteiger partial charge >= 0.3 is 11.4 Å². The summed E-state index contributed by atoms with van der Waals surface area (Å²) in [7, 11) is 0. The smallest absolute Gasteiger partial charge is 0.438 e. The molecule has 0 radical (unpaired) electrons. The molecule has 7 heteroatoms. The van der Waals surface area contributed by atoms with Crippen LogP contribution in [0, 0.1) is 20.8 Å². The van der Waals surface area contributed by atoms with Crippen LogP contribution in [-0.4, -0.2) is 19.2 Å². The van der Waals surface area contributed by atoms with Crippen molar-refractivity contribution in [2.75, 3.05) is 0 Å². The Morgan fingerprint density at radius 2 is 1.79 bits per heavy atom. The minimum absolute atomic E-state index is 0.263. The lowest BCUT2D eigenvalue weighted by atomic mass is 10.0. The van der Waals surface area contributed by atoms with Gasteiger partial charge in [0.25, 0.3) is 0 Å². The van der Waals surface area contributed by atoms with E-state index in [-0.39, 0.29) is 11.8 Å². The first-order valence-electron chi connectivity index (χ1n) is 7.57. The summed E-state index contributed by atoms with van der Waals surface area (Å²) < 4.78 is 23.4. The van der Waals surface area contributed by atoms with Crippen molar-refractivity contribution in [3.05, 3.63) is 46.0 Å². The van der Waals surface area contributed by atoms with Gasteiger partial charge in [0.1, 0.15) is 5.75 Å². The fraction of sp³-hybridized carbons (Fsp3) is 0.294. The first-order chi connectivity index (χ1) is 11.4. The highest BCUT2D eigenvalue weighted by Gasteiger charge is 2.25. The molecule has 0 saturated heterocycles. The van der Waals surface area contributed by atoms with E-state index in [0.717, 1.165) is 27.8 Å².